The average Bonchev–Trinajstić information content (AvgIpc) is 2.01. The van der Waals surface area contributed by atoms with Crippen molar-refractivity contribution in [3.63, 3.8) is 0 Å². The van der Waals surface area contributed by atoms with Gasteiger partial charge in [0.1, 0.15) is 11.4 Å². The maximum Gasteiger partial charge on any atom is 0.342 e. The average molecular weight is 197 g/mol. The van der Waals surface area contributed by atoms with E-state index in [-0.39, 0.29) is 11.6 Å². The lowest BCUT2D eigenvalue weighted by atomic mass is 10.2. The molecule has 0 saturated carbocycles. The van der Waals surface area contributed by atoms with Gasteiger partial charge in [-0.1, -0.05) is 0 Å². The van der Waals surface area contributed by atoms with Gasteiger partial charge in [0.05, 0.1) is 0 Å². The van der Waals surface area contributed by atoms with Crippen LogP contribution in [-0.2, 0) is 6.42 Å². The number of nitrogens with two attached hydrogens (primary N) is 1. The molecule has 1 heterocycles. The first-order valence-electron chi connectivity index (χ1n) is 4.07. The highest BCUT2D eigenvalue weighted by Crippen LogP contribution is 1.93. The molecular formula is C8H11N3O3. The van der Waals surface area contributed by atoms with Gasteiger partial charge in [-0.25, -0.2) is 9.78 Å². The Kier molecular flexibility index (Phi) is 2.98. The fourth-order valence-electron chi connectivity index (χ4n) is 0.993. The SMILES string of the molecule is CC(N)Cc1ncc(C(=O)O)c(=O)[nH]1. The molecule has 0 spiro atoms. The van der Waals surface area contributed by atoms with Crippen LogP contribution in [0, 0.1) is 0 Å². The van der Waals surface area contributed by atoms with E-state index >= 15 is 0 Å². The van der Waals surface area contributed by atoms with Crippen LogP contribution < -0.4 is 11.3 Å². The molecule has 0 aliphatic rings. The van der Waals surface area contributed by atoms with Gasteiger partial charge in [0.2, 0.25) is 0 Å². The number of aromatic nitrogens is 2. The maximum absolute atomic E-state index is 11.1. The van der Waals surface area contributed by atoms with Gasteiger partial charge >= 0.3 is 5.97 Å². The Morgan fingerprint density at radius 3 is 2.86 bits per heavy atom. The summed E-state index contributed by atoms with van der Waals surface area (Å²) in [6, 6.07) is -0.131. The van der Waals surface area contributed by atoms with Crippen LogP contribution in [0.3, 0.4) is 0 Å². The van der Waals surface area contributed by atoms with Gasteiger partial charge in [0.25, 0.3) is 5.56 Å². The van der Waals surface area contributed by atoms with Crippen molar-refractivity contribution in [1.82, 2.24) is 9.97 Å². The highest BCUT2D eigenvalue weighted by atomic mass is 16.4. The molecule has 14 heavy (non-hydrogen) atoms. The number of carbonyl (C=O) groups is 1. The molecule has 1 unspecified atom stereocenters. The number of rotatable bonds is 3. The van der Waals surface area contributed by atoms with E-state index < -0.39 is 11.5 Å². The zero-order chi connectivity index (χ0) is 10.7. The molecule has 6 nitrogen and oxygen atoms in total. The highest BCUT2D eigenvalue weighted by Gasteiger charge is 2.10. The van der Waals surface area contributed by atoms with Crippen LogP contribution in [0.25, 0.3) is 0 Å². The molecular weight excluding hydrogens is 186 g/mol. The van der Waals surface area contributed by atoms with E-state index in [1.807, 2.05) is 0 Å². The molecule has 76 valence electrons. The number of aromatic carboxylic acids is 1. The third-order valence-corrected chi connectivity index (χ3v) is 1.60. The lowest BCUT2D eigenvalue weighted by Gasteiger charge is -2.03. The quantitative estimate of drug-likeness (QED) is 0.597. The largest absolute Gasteiger partial charge is 0.477 e. The number of carboxylic acid groups (broad SMARTS) is 1. The second-order valence-electron chi connectivity index (χ2n) is 3.06. The number of carboxylic acids is 1. The Morgan fingerprint density at radius 2 is 2.43 bits per heavy atom. The van der Waals surface area contributed by atoms with Gasteiger partial charge in [-0.15, -0.1) is 0 Å². The molecule has 1 aromatic rings. The van der Waals surface area contributed by atoms with Crippen LogP contribution in [-0.4, -0.2) is 27.1 Å². The normalized spacial score (nSPS) is 12.4. The third-order valence-electron chi connectivity index (χ3n) is 1.60. The van der Waals surface area contributed by atoms with Gasteiger partial charge < -0.3 is 15.8 Å². The monoisotopic (exact) mass is 197 g/mol. The summed E-state index contributed by atoms with van der Waals surface area (Å²) in [6.07, 6.45) is 1.45. The van der Waals surface area contributed by atoms with Gasteiger partial charge in [-0.05, 0) is 6.92 Å². The van der Waals surface area contributed by atoms with Crippen molar-refractivity contribution in [3.8, 4) is 0 Å². The summed E-state index contributed by atoms with van der Waals surface area (Å²) < 4.78 is 0. The summed E-state index contributed by atoms with van der Waals surface area (Å²) in [4.78, 5) is 27.8. The van der Waals surface area contributed by atoms with Crippen molar-refractivity contribution >= 4 is 5.97 Å². The lowest BCUT2D eigenvalue weighted by molar-refractivity contribution is 0.0694. The molecule has 0 aliphatic heterocycles. The van der Waals surface area contributed by atoms with Crippen LogP contribution in [0.2, 0.25) is 0 Å². The number of aromatic amines is 1. The van der Waals surface area contributed by atoms with Crippen LogP contribution in [0.4, 0.5) is 0 Å². The van der Waals surface area contributed by atoms with E-state index in [0.717, 1.165) is 6.20 Å². The summed E-state index contributed by atoms with van der Waals surface area (Å²) in [6.45, 7) is 1.77. The Hall–Kier alpha value is -1.69. The molecule has 1 aromatic heterocycles. The summed E-state index contributed by atoms with van der Waals surface area (Å²) in [5, 5.41) is 8.55. The van der Waals surface area contributed by atoms with Gasteiger partial charge in [-0.3, -0.25) is 4.79 Å². The van der Waals surface area contributed by atoms with E-state index in [9.17, 15) is 9.59 Å². The number of nitrogens with zero attached hydrogens (tertiary/aromatic N) is 1. The fraction of sp³-hybridized carbons (Fsp3) is 0.375. The lowest BCUT2D eigenvalue weighted by Crippen LogP contribution is -2.24. The molecule has 0 amide bonds. The third kappa shape index (κ3) is 2.40. The summed E-state index contributed by atoms with van der Waals surface area (Å²) in [5.74, 6) is -0.888. The van der Waals surface area contributed by atoms with Crippen molar-refractivity contribution in [2.75, 3.05) is 0 Å². The second kappa shape index (κ2) is 4.01. The Morgan fingerprint density at radius 1 is 1.79 bits per heavy atom. The van der Waals surface area contributed by atoms with E-state index in [0.29, 0.717) is 12.2 Å². The predicted octanol–water partition coefficient (Wildman–Crippen LogP) is -0.642. The molecule has 4 N–H and O–H groups in total. The highest BCUT2D eigenvalue weighted by molar-refractivity contribution is 5.86. The maximum atomic E-state index is 11.1. The fourth-order valence-corrected chi connectivity index (χ4v) is 0.993. The molecule has 1 atom stereocenters. The van der Waals surface area contributed by atoms with Crippen molar-refractivity contribution < 1.29 is 9.90 Å². The molecule has 0 bridgehead atoms. The first-order chi connectivity index (χ1) is 6.50. The Labute approximate surface area is 79.8 Å². The molecule has 0 aliphatic carbocycles. The van der Waals surface area contributed by atoms with Crippen molar-refractivity contribution in [3.05, 3.63) is 27.9 Å². The second-order valence-corrected chi connectivity index (χ2v) is 3.06. The minimum Gasteiger partial charge on any atom is -0.477 e. The standard InChI is InChI=1S/C8H11N3O3/c1-4(9)2-6-10-3-5(8(13)14)7(12)11-6/h3-4H,2,9H2,1H3,(H,13,14)(H,10,11,12). The number of hydrogen-bond donors (Lipinski definition) is 3. The zero-order valence-electron chi connectivity index (χ0n) is 7.65. The molecule has 0 saturated heterocycles. The topological polar surface area (TPSA) is 109 Å². The summed E-state index contributed by atoms with van der Waals surface area (Å²) in [5.41, 5.74) is 4.48. The zero-order valence-corrected chi connectivity index (χ0v) is 7.65. The van der Waals surface area contributed by atoms with E-state index in [1.165, 1.54) is 0 Å². The molecule has 0 fully saturated rings. The molecule has 0 aromatic carbocycles. The van der Waals surface area contributed by atoms with Crippen molar-refractivity contribution in [2.45, 2.75) is 19.4 Å². The minimum atomic E-state index is -1.29. The van der Waals surface area contributed by atoms with E-state index in [4.69, 9.17) is 10.8 Å². The number of nitrogens with one attached hydrogen (secondary N) is 1. The Balaban J connectivity index is 3.01. The van der Waals surface area contributed by atoms with E-state index in [1.54, 1.807) is 6.92 Å². The van der Waals surface area contributed by atoms with Crippen LogP contribution >= 0.6 is 0 Å². The van der Waals surface area contributed by atoms with Crippen LogP contribution in [0.1, 0.15) is 23.1 Å². The van der Waals surface area contributed by atoms with Crippen molar-refractivity contribution in [1.29, 1.82) is 0 Å². The van der Waals surface area contributed by atoms with Crippen molar-refractivity contribution in [2.24, 2.45) is 5.73 Å². The number of hydrogen-bond acceptors (Lipinski definition) is 4. The summed E-state index contributed by atoms with van der Waals surface area (Å²) in [7, 11) is 0. The molecule has 1 rings (SSSR count). The first kappa shape index (κ1) is 10.4. The Bertz CT molecular complexity index is 397. The molecule has 6 heteroatoms. The van der Waals surface area contributed by atoms with Crippen LogP contribution in [0.5, 0.6) is 0 Å². The summed E-state index contributed by atoms with van der Waals surface area (Å²) >= 11 is 0. The minimum absolute atomic E-state index is 0.131. The van der Waals surface area contributed by atoms with Gasteiger partial charge in [0.15, 0.2) is 0 Å². The smallest absolute Gasteiger partial charge is 0.342 e. The first-order valence-corrected chi connectivity index (χ1v) is 4.07. The predicted molar refractivity (Wildman–Crippen MR) is 49.2 cm³/mol. The molecule has 0 radical (unpaired) electrons. The number of H-pyrrole nitrogens is 1. The van der Waals surface area contributed by atoms with Crippen LogP contribution in [0.15, 0.2) is 11.0 Å². The van der Waals surface area contributed by atoms with E-state index in [2.05, 4.69) is 9.97 Å². The van der Waals surface area contributed by atoms with Gasteiger partial charge in [-0.2, -0.15) is 0 Å². The van der Waals surface area contributed by atoms with Gasteiger partial charge in [0, 0.05) is 18.7 Å².